The molecule has 0 amide bonds. The lowest BCUT2D eigenvalue weighted by Gasteiger charge is -2.32. The van der Waals surface area contributed by atoms with Gasteiger partial charge in [0.1, 0.15) is 5.69 Å². The molecule has 0 aliphatic carbocycles. The number of pyridine rings is 1. The number of hydrogen-bond donors (Lipinski definition) is 0. The zero-order chi connectivity index (χ0) is 14.4. The third-order valence-corrected chi connectivity index (χ3v) is 3.99. The predicted molar refractivity (Wildman–Crippen MR) is 74.7 cm³/mol. The molecule has 1 saturated heterocycles. The first-order chi connectivity index (χ1) is 8.64. The third kappa shape index (κ3) is 2.45. The predicted octanol–water partition coefficient (Wildman–Crippen LogP) is 1.89. The molecule has 0 radical (unpaired) electrons. The van der Waals surface area contributed by atoms with E-state index in [4.69, 9.17) is 9.31 Å². The van der Waals surface area contributed by atoms with Crippen LogP contribution in [0.15, 0.2) is 12.1 Å². The summed E-state index contributed by atoms with van der Waals surface area (Å²) in [5, 5.41) is 0. The summed E-state index contributed by atoms with van der Waals surface area (Å²) in [6.45, 7) is 11.4. The first-order valence-electron chi connectivity index (χ1n) is 6.48. The molecule has 4 nitrogen and oxygen atoms in total. The van der Waals surface area contributed by atoms with Crippen LogP contribution in [-0.4, -0.2) is 29.1 Å². The number of carbonyl (C=O) groups is 1. The van der Waals surface area contributed by atoms with Crippen LogP contribution in [0.3, 0.4) is 0 Å². The van der Waals surface area contributed by atoms with Gasteiger partial charge in [0, 0.05) is 18.1 Å². The molecule has 0 aromatic carbocycles. The highest BCUT2D eigenvalue weighted by Crippen LogP contribution is 2.36. The largest absolute Gasteiger partial charge is 0.496 e. The van der Waals surface area contributed by atoms with Gasteiger partial charge in [-0.2, -0.15) is 0 Å². The van der Waals surface area contributed by atoms with E-state index in [1.54, 1.807) is 6.07 Å². The first kappa shape index (κ1) is 14.2. The smallest absolute Gasteiger partial charge is 0.399 e. The third-order valence-electron chi connectivity index (χ3n) is 3.99. The average molecular weight is 261 g/mol. The van der Waals surface area contributed by atoms with Crippen molar-refractivity contribution in [2.24, 2.45) is 0 Å². The van der Waals surface area contributed by atoms with E-state index >= 15 is 0 Å². The quantitative estimate of drug-likeness (QED) is 0.602. The van der Waals surface area contributed by atoms with Gasteiger partial charge < -0.3 is 9.31 Å². The van der Waals surface area contributed by atoms with Crippen LogP contribution in [0.4, 0.5) is 0 Å². The summed E-state index contributed by atoms with van der Waals surface area (Å²) < 4.78 is 12.0. The fourth-order valence-electron chi connectivity index (χ4n) is 1.99. The molecule has 19 heavy (non-hydrogen) atoms. The summed E-state index contributed by atoms with van der Waals surface area (Å²) in [6, 6.07) is 3.58. The molecule has 1 fully saturated rings. The van der Waals surface area contributed by atoms with Gasteiger partial charge in [0.05, 0.1) is 11.2 Å². The molecule has 0 N–H and O–H groups in total. The molecule has 0 bridgehead atoms. The number of Topliss-reactive ketones (excluding diaryl/α,β-unsaturated/α-hetero) is 1. The van der Waals surface area contributed by atoms with Crippen molar-refractivity contribution in [3.63, 3.8) is 0 Å². The molecular formula is C14H20BNO3. The molecular weight excluding hydrogens is 241 g/mol. The maximum absolute atomic E-state index is 11.3. The van der Waals surface area contributed by atoms with E-state index in [1.807, 2.05) is 40.7 Å². The Morgan fingerprint density at radius 3 is 2.11 bits per heavy atom. The van der Waals surface area contributed by atoms with Crippen LogP contribution in [0.2, 0.25) is 0 Å². The number of hydrogen-bond acceptors (Lipinski definition) is 4. The molecule has 0 saturated carbocycles. The Morgan fingerprint density at radius 1 is 1.16 bits per heavy atom. The van der Waals surface area contributed by atoms with E-state index in [0.717, 1.165) is 11.2 Å². The molecule has 0 spiro atoms. The van der Waals surface area contributed by atoms with Crippen LogP contribution in [-0.2, 0) is 9.31 Å². The lowest BCUT2D eigenvalue weighted by molar-refractivity contribution is 0.00578. The van der Waals surface area contributed by atoms with Crippen molar-refractivity contribution in [1.29, 1.82) is 0 Å². The minimum atomic E-state index is -0.432. The van der Waals surface area contributed by atoms with Crippen molar-refractivity contribution in [1.82, 2.24) is 4.98 Å². The molecule has 1 aromatic rings. The van der Waals surface area contributed by atoms with Crippen molar-refractivity contribution >= 4 is 18.4 Å². The number of carbonyl (C=O) groups excluding carboxylic acids is 1. The van der Waals surface area contributed by atoms with Crippen molar-refractivity contribution in [3.8, 4) is 0 Å². The van der Waals surface area contributed by atoms with E-state index in [2.05, 4.69) is 4.98 Å². The average Bonchev–Trinajstić information content (AvgIpc) is 2.47. The zero-order valence-electron chi connectivity index (χ0n) is 12.4. The monoisotopic (exact) mass is 261 g/mol. The lowest BCUT2D eigenvalue weighted by Crippen LogP contribution is -2.41. The SMILES string of the molecule is CC(=O)c1ccc(B2OC(C)(C)C(C)(C)O2)c(C)n1. The van der Waals surface area contributed by atoms with Gasteiger partial charge >= 0.3 is 7.12 Å². The topological polar surface area (TPSA) is 48.4 Å². The molecule has 2 heterocycles. The van der Waals surface area contributed by atoms with Crippen LogP contribution < -0.4 is 5.46 Å². The van der Waals surface area contributed by atoms with Gasteiger partial charge in [-0.3, -0.25) is 9.78 Å². The Labute approximate surface area is 114 Å². The van der Waals surface area contributed by atoms with Gasteiger partial charge in [-0.15, -0.1) is 0 Å². The Morgan fingerprint density at radius 2 is 1.68 bits per heavy atom. The fourth-order valence-corrected chi connectivity index (χ4v) is 1.99. The minimum Gasteiger partial charge on any atom is -0.399 e. The Hall–Kier alpha value is -1.20. The van der Waals surface area contributed by atoms with Crippen molar-refractivity contribution in [2.45, 2.75) is 52.7 Å². The lowest BCUT2D eigenvalue weighted by atomic mass is 9.78. The normalized spacial score (nSPS) is 20.6. The van der Waals surface area contributed by atoms with E-state index in [9.17, 15) is 4.79 Å². The highest BCUT2D eigenvalue weighted by Gasteiger charge is 2.52. The highest BCUT2D eigenvalue weighted by molar-refractivity contribution is 6.62. The number of nitrogens with zero attached hydrogens (tertiary/aromatic N) is 1. The van der Waals surface area contributed by atoms with Crippen LogP contribution in [0.25, 0.3) is 0 Å². The van der Waals surface area contributed by atoms with Crippen molar-refractivity contribution in [2.75, 3.05) is 0 Å². The molecule has 1 aromatic heterocycles. The van der Waals surface area contributed by atoms with Crippen LogP contribution in [0.5, 0.6) is 0 Å². The van der Waals surface area contributed by atoms with Gasteiger partial charge in [0.2, 0.25) is 0 Å². The van der Waals surface area contributed by atoms with E-state index < -0.39 is 7.12 Å². The summed E-state index contributed by atoms with van der Waals surface area (Å²) in [6.07, 6.45) is 0. The number of aryl methyl sites for hydroxylation is 1. The van der Waals surface area contributed by atoms with Crippen LogP contribution >= 0.6 is 0 Å². The molecule has 0 atom stereocenters. The van der Waals surface area contributed by atoms with Crippen molar-refractivity contribution in [3.05, 3.63) is 23.5 Å². The van der Waals surface area contributed by atoms with Gasteiger partial charge in [-0.1, -0.05) is 6.07 Å². The van der Waals surface area contributed by atoms with E-state index in [1.165, 1.54) is 6.92 Å². The van der Waals surface area contributed by atoms with Gasteiger partial charge in [0.25, 0.3) is 0 Å². The fraction of sp³-hybridized carbons (Fsp3) is 0.571. The summed E-state index contributed by atoms with van der Waals surface area (Å²) in [5.41, 5.74) is 1.37. The molecule has 1 aliphatic heterocycles. The Kier molecular flexibility index (Phi) is 3.31. The van der Waals surface area contributed by atoms with Gasteiger partial charge in [-0.05, 0) is 40.7 Å². The summed E-state index contributed by atoms with van der Waals surface area (Å²) in [5.74, 6) is -0.0384. The van der Waals surface area contributed by atoms with Crippen LogP contribution in [0, 0.1) is 6.92 Å². The Bertz CT molecular complexity index is 509. The minimum absolute atomic E-state index is 0.0384. The highest BCUT2D eigenvalue weighted by atomic mass is 16.7. The molecule has 5 heteroatoms. The Balaban J connectivity index is 2.33. The number of aromatic nitrogens is 1. The second kappa shape index (κ2) is 4.42. The summed E-state index contributed by atoms with van der Waals surface area (Å²) >= 11 is 0. The molecule has 1 aliphatic rings. The standard InChI is InChI=1S/C14H20BNO3/c1-9-11(7-8-12(16-9)10(2)17)15-18-13(3,4)14(5,6)19-15/h7-8H,1-6H3. The maximum atomic E-state index is 11.3. The summed E-state index contributed by atoms with van der Waals surface area (Å²) in [4.78, 5) is 15.6. The molecule has 2 rings (SSSR count). The first-order valence-corrected chi connectivity index (χ1v) is 6.48. The number of ketones is 1. The summed E-state index contributed by atoms with van der Waals surface area (Å²) in [7, 11) is -0.432. The second-order valence-electron chi connectivity index (χ2n) is 6.02. The zero-order valence-corrected chi connectivity index (χ0v) is 12.4. The van der Waals surface area contributed by atoms with Crippen LogP contribution in [0.1, 0.15) is 50.8 Å². The van der Waals surface area contributed by atoms with E-state index in [-0.39, 0.29) is 17.0 Å². The van der Waals surface area contributed by atoms with Gasteiger partial charge in [-0.25, -0.2) is 0 Å². The second-order valence-corrected chi connectivity index (χ2v) is 6.02. The molecule has 0 unspecified atom stereocenters. The van der Waals surface area contributed by atoms with Gasteiger partial charge in [0.15, 0.2) is 5.78 Å². The van der Waals surface area contributed by atoms with E-state index in [0.29, 0.717) is 5.69 Å². The number of rotatable bonds is 2. The maximum Gasteiger partial charge on any atom is 0.496 e. The van der Waals surface area contributed by atoms with Crippen molar-refractivity contribution < 1.29 is 14.1 Å². The molecule has 102 valence electrons.